The summed E-state index contributed by atoms with van der Waals surface area (Å²) in [7, 11) is 0. The van der Waals surface area contributed by atoms with Crippen molar-refractivity contribution in [1.82, 2.24) is 4.57 Å². The Hall–Kier alpha value is -7.10. The average Bonchev–Trinajstić information content (AvgIpc) is 3.77. The summed E-state index contributed by atoms with van der Waals surface area (Å²) < 4.78 is 9.05. The first-order valence-corrected chi connectivity index (χ1v) is 18.1. The van der Waals surface area contributed by atoms with Crippen molar-refractivity contribution in [3.8, 4) is 16.8 Å². The third kappa shape index (κ3) is 4.68. The first-order chi connectivity index (χ1) is 26.3. The Kier molecular flexibility index (Phi) is 6.55. The SMILES string of the molecule is c1ccc(-c2cc(N(c3ccc4c(c3)oc3ccc5ccccc5c34)c3ccc4c5ccccc5n(-c5ccccc5)c4c3)c3ccccc3c2)cc1. The number of fused-ring (bicyclic) bond motifs is 9. The fourth-order valence-corrected chi connectivity index (χ4v) is 8.33. The average molecular weight is 677 g/mol. The highest BCUT2D eigenvalue weighted by atomic mass is 16.3. The maximum absolute atomic E-state index is 6.66. The Morgan fingerprint density at radius 1 is 0.377 bits per heavy atom. The molecule has 0 aliphatic carbocycles. The molecule has 11 aromatic rings. The molecule has 53 heavy (non-hydrogen) atoms. The van der Waals surface area contributed by atoms with Gasteiger partial charge in [-0.3, -0.25) is 0 Å². The number of furan rings is 1. The molecular formula is C50H32N2O. The molecule has 11 rings (SSSR count). The van der Waals surface area contributed by atoms with Gasteiger partial charge in [0.15, 0.2) is 0 Å². The van der Waals surface area contributed by atoms with E-state index < -0.39 is 0 Å². The molecule has 2 heterocycles. The molecule has 0 N–H and O–H groups in total. The molecule has 0 radical (unpaired) electrons. The molecule has 2 aromatic heterocycles. The predicted molar refractivity (Wildman–Crippen MR) is 223 cm³/mol. The lowest BCUT2D eigenvalue weighted by Gasteiger charge is -2.28. The third-order valence-electron chi connectivity index (χ3n) is 10.7. The minimum atomic E-state index is 0.863. The minimum Gasteiger partial charge on any atom is -0.456 e. The third-order valence-corrected chi connectivity index (χ3v) is 10.7. The Bertz CT molecular complexity index is 3170. The highest BCUT2D eigenvalue weighted by Crippen LogP contribution is 2.45. The van der Waals surface area contributed by atoms with Crippen molar-refractivity contribution in [1.29, 1.82) is 0 Å². The van der Waals surface area contributed by atoms with Crippen molar-refractivity contribution >= 4 is 82.4 Å². The normalized spacial score (nSPS) is 11.8. The monoisotopic (exact) mass is 676 g/mol. The Labute approximate surface area is 306 Å². The number of anilines is 3. The Morgan fingerprint density at radius 3 is 1.85 bits per heavy atom. The van der Waals surface area contributed by atoms with Crippen molar-refractivity contribution < 1.29 is 4.42 Å². The highest BCUT2D eigenvalue weighted by Gasteiger charge is 2.21. The predicted octanol–water partition coefficient (Wildman–Crippen LogP) is 14.1. The lowest BCUT2D eigenvalue weighted by Crippen LogP contribution is -2.11. The van der Waals surface area contributed by atoms with E-state index in [2.05, 4.69) is 204 Å². The van der Waals surface area contributed by atoms with Crippen molar-refractivity contribution in [2.75, 3.05) is 4.90 Å². The molecule has 0 bridgehead atoms. The van der Waals surface area contributed by atoms with Crippen LogP contribution in [0.1, 0.15) is 0 Å². The summed E-state index contributed by atoms with van der Waals surface area (Å²) in [4.78, 5) is 2.41. The van der Waals surface area contributed by atoms with E-state index in [1.807, 2.05) is 0 Å². The standard InChI is InChI=1S/C50H32N2O/c1-3-13-33(14-4-1)36-29-35-16-8-9-19-40(35)46(30-36)51(39-25-27-44-49(32-39)53-48-28-23-34-15-7-10-20-41(34)50(44)48)38-24-26-43-42-21-11-12-22-45(42)52(47(43)31-38)37-17-5-2-6-18-37/h1-32H. The van der Waals surface area contributed by atoms with Crippen LogP contribution in [0.5, 0.6) is 0 Å². The summed E-state index contributed by atoms with van der Waals surface area (Å²) in [6.07, 6.45) is 0. The molecule has 9 aromatic carbocycles. The van der Waals surface area contributed by atoms with Crippen LogP contribution < -0.4 is 4.90 Å². The van der Waals surface area contributed by atoms with E-state index in [4.69, 9.17) is 4.42 Å². The molecule has 0 atom stereocenters. The summed E-state index contributed by atoms with van der Waals surface area (Å²) in [6, 6.07) is 69.8. The van der Waals surface area contributed by atoms with Gasteiger partial charge < -0.3 is 13.9 Å². The summed E-state index contributed by atoms with van der Waals surface area (Å²) in [5.74, 6) is 0. The Balaban J connectivity index is 1.22. The second-order valence-corrected chi connectivity index (χ2v) is 13.7. The van der Waals surface area contributed by atoms with E-state index >= 15 is 0 Å². The molecule has 0 spiro atoms. The molecule has 3 nitrogen and oxygen atoms in total. The molecule has 0 unspecified atom stereocenters. The van der Waals surface area contributed by atoms with Crippen molar-refractivity contribution in [3.05, 3.63) is 194 Å². The number of para-hydroxylation sites is 2. The van der Waals surface area contributed by atoms with Crippen LogP contribution in [0.15, 0.2) is 199 Å². The number of hydrogen-bond acceptors (Lipinski definition) is 2. The van der Waals surface area contributed by atoms with Gasteiger partial charge in [-0.05, 0) is 87.9 Å². The molecule has 0 fully saturated rings. The zero-order valence-electron chi connectivity index (χ0n) is 28.8. The van der Waals surface area contributed by atoms with Crippen LogP contribution in [0.4, 0.5) is 17.1 Å². The number of aromatic nitrogens is 1. The zero-order chi connectivity index (χ0) is 34.9. The largest absolute Gasteiger partial charge is 0.456 e. The van der Waals surface area contributed by atoms with E-state index in [-0.39, 0.29) is 0 Å². The lowest BCUT2D eigenvalue weighted by molar-refractivity contribution is 0.669. The van der Waals surface area contributed by atoms with Crippen LogP contribution >= 0.6 is 0 Å². The van der Waals surface area contributed by atoms with E-state index in [1.54, 1.807) is 0 Å². The summed E-state index contributed by atoms with van der Waals surface area (Å²) >= 11 is 0. The van der Waals surface area contributed by atoms with Crippen LogP contribution in [0.3, 0.4) is 0 Å². The second-order valence-electron chi connectivity index (χ2n) is 13.7. The maximum atomic E-state index is 6.66. The van der Waals surface area contributed by atoms with Gasteiger partial charge in [-0.1, -0.05) is 127 Å². The van der Waals surface area contributed by atoms with Gasteiger partial charge in [-0.25, -0.2) is 0 Å². The van der Waals surface area contributed by atoms with Gasteiger partial charge in [0.25, 0.3) is 0 Å². The van der Waals surface area contributed by atoms with Gasteiger partial charge in [0.2, 0.25) is 0 Å². The number of benzene rings is 9. The smallest absolute Gasteiger partial charge is 0.137 e. The van der Waals surface area contributed by atoms with E-state index in [0.717, 1.165) is 50.2 Å². The maximum Gasteiger partial charge on any atom is 0.137 e. The zero-order valence-corrected chi connectivity index (χ0v) is 28.8. The van der Waals surface area contributed by atoms with Gasteiger partial charge in [0.1, 0.15) is 11.2 Å². The molecule has 0 aliphatic rings. The summed E-state index contributed by atoms with van der Waals surface area (Å²) in [6.45, 7) is 0. The Morgan fingerprint density at radius 2 is 1.02 bits per heavy atom. The fraction of sp³-hybridized carbons (Fsp3) is 0. The van der Waals surface area contributed by atoms with Gasteiger partial charge in [-0.15, -0.1) is 0 Å². The van der Waals surface area contributed by atoms with E-state index in [0.29, 0.717) is 0 Å². The number of hydrogen-bond donors (Lipinski definition) is 0. The van der Waals surface area contributed by atoms with Crippen molar-refractivity contribution in [2.24, 2.45) is 0 Å². The first kappa shape index (κ1) is 29.6. The molecule has 248 valence electrons. The number of nitrogens with zero attached hydrogens (tertiary/aromatic N) is 2. The first-order valence-electron chi connectivity index (χ1n) is 18.1. The molecule has 0 saturated carbocycles. The van der Waals surface area contributed by atoms with Crippen LogP contribution in [0, 0.1) is 0 Å². The highest BCUT2D eigenvalue weighted by molar-refractivity contribution is 6.19. The fourth-order valence-electron chi connectivity index (χ4n) is 8.33. The molecule has 0 saturated heterocycles. The minimum absolute atomic E-state index is 0.863. The van der Waals surface area contributed by atoms with Crippen molar-refractivity contribution in [2.45, 2.75) is 0 Å². The second kappa shape index (κ2) is 11.7. The quantitative estimate of drug-likeness (QED) is 0.181. The van der Waals surface area contributed by atoms with E-state index in [1.165, 1.54) is 49.0 Å². The van der Waals surface area contributed by atoms with Gasteiger partial charge >= 0.3 is 0 Å². The molecular weight excluding hydrogens is 645 g/mol. The van der Waals surface area contributed by atoms with E-state index in [9.17, 15) is 0 Å². The summed E-state index contributed by atoms with van der Waals surface area (Å²) in [5, 5.41) is 9.49. The topological polar surface area (TPSA) is 21.3 Å². The molecule has 3 heteroatoms. The van der Waals surface area contributed by atoms with Gasteiger partial charge in [0.05, 0.1) is 16.7 Å². The van der Waals surface area contributed by atoms with Crippen LogP contribution in [0.2, 0.25) is 0 Å². The van der Waals surface area contributed by atoms with Gasteiger partial charge in [-0.2, -0.15) is 0 Å². The van der Waals surface area contributed by atoms with Crippen LogP contribution in [-0.4, -0.2) is 4.57 Å². The van der Waals surface area contributed by atoms with Crippen molar-refractivity contribution in [3.63, 3.8) is 0 Å². The molecule has 0 amide bonds. The molecule has 0 aliphatic heterocycles. The lowest BCUT2D eigenvalue weighted by atomic mass is 9.98. The van der Waals surface area contributed by atoms with Crippen LogP contribution in [0.25, 0.3) is 82.1 Å². The van der Waals surface area contributed by atoms with Crippen LogP contribution in [-0.2, 0) is 0 Å². The number of rotatable bonds is 5. The van der Waals surface area contributed by atoms with Gasteiger partial charge in [0, 0.05) is 50.1 Å². The summed E-state index contributed by atoms with van der Waals surface area (Å²) in [5.41, 5.74) is 10.8.